The maximum absolute atomic E-state index is 2.41. The van der Waals surface area contributed by atoms with Crippen molar-refractivity contribution in [1.29, 1.82) is 0 Å². The Kier molecular flexibility index (Phi) is 8.28. The van der Waals surface area contributed by atoms with E-state index in [9.17, 15) is 0 Å². The smallest absolute Gasteiger partial charge is 0.0462 e. The van der Waals surface area contributed by atoms with Crippen LogP contribution in [0.2, 0.25) is 0 Å². The van der Waals surface area contributed by atoms with Crippen molar-refractivity contribution in [2.75, 3.05) is 4.90 Å². The van der Waals surface area contributed by atoms with Crippen molar-refractivity contribution in [3.05, 3.63) is 212 Å². The van der Waals surface area contributed by atoms with Gasteiger partial charge in [-0.25, -0.2) is 0 Å². The molecule has 11 aromatic rings. The molecule has 57 heavy (non-hydrogen) atoms. The molecule has 0 N–H and O–H groups in total. The van der Waals surface area contributed by atoms with E-state index < -0.39 is 0 Å². The molecule has 3 heteroatoms. The molecule has 0 atom stereocenters. The number of hydrogen-bond donors (Lipinski definition) is 0. The second-order valence-corrected chi connectivity index (χ2v) is 16.6. The summed E-state index contributed by atoms with van der Waals surface area (Å²) in [5.41, 5.74) is 13.1. The molecule has 0 unspecified atom stereocenters. The Morgan fingerprint density at radius 3 is 1.18 bits per heavy atom. The second-order valence-electron chi connectivity index (χ2n) is 14.5. The molecule has 0 bridgehead atoms. The molecule has 2 heterocycles. The Morgan fingerprint density at radius 1 is 0.263 bits per heavy atom. The van der Waals surface area contributed by atoms with Crippen molar-refractivity contribution in [2.24, 2.45) is 0 Å². The summed E-state index contributed by atoms with van der Waals surface area (Å²) in [6, 6.07) is 77.5. The van der Waals surface area contributed by atoms with Crippen LogP contribution in [0.4, 0.5) is 17.1 Å². The van der Waals surface area contributed by atoms with Gasteiger partial charge in [-0.1, -0.05) is 146 Å². The van der Waals surface area contributed by atoms with Crippen molar-refractivity contribution < 1.29 is 0 Å². The molecule has 2 aromatic heterocycles. The summed E-state index contributed by atoms with van der Waals surface area (Å²) in [7, 11) is 0. The van der Waals surface area contributed by atoms with Crippen LogP contribution in [0, 0.1) is 0 Å². The summed E-state index contributed by atoms with van der Waals surface area (Å²) < 4.78 is 5.29. The fourth-order valence-electron chi connectivity index (χ4n) is 8.32. The van der Waals surface area contributed by atoms with E-state index in [1.165, 1.54) is 84.9 Å². The van der Waals surface area contributed by atoms with Crippen molar-refractivity contribution in [3.8, 4) is 44.5 Å². The molecule has 0 spiro atoms. The molecule has 0 fully saturated rings. The summed E-state index contributed by atoms with van der Waals surface area (Å²) >= 11 is 3.78. The molecule has 0 radical (unpaired) electrons. The summed E-state index contributed by atoms with van der Waals surface area (Å²) in [5.74, 6) is 0. The van der Waals surface area contributed by atoms with Crippen LogP contribution >= 0.6 is 22.7 Å². The van der Waals surface area contributed by atoms with Gasteiger partial charge >= 0.3 is 0 Å². The fraction of sp³-hybridized carbons (Fsp3) is 0. The van der Waals surface area contributed by atoms with Gasteiger partial charge in [0.15, 0.2) is 0 Å². The van der Waals surface area contributed by atoms with Gasteiger partial charge in [0.1, 0.15) is 0 Å². The van der Waals surface area contributed by atoms with Crippen molar-refractivity contribution in [1.82, 2.24) is 0 Å². The van der Waals surface area contributed by atoms with Crippen LogP contribution in [-0.2, 0) is 0 Å². The van der Waals surface area contributed by atoms with Gasteiger partial charge in [0.25, 0.3) is 0 Å². The van der Waals surface area contributed by atoms with E-state index in [0.717, 1.165) is 17.1 Å². The van der Waals surface area contributed by atoms with Gasteiger partial charge in [-0.15, -0.1) is 22.7 Å². The number of thiophene rings is 2. The lowest BCUT2D eigenvalue weighted by Gasteiger charge is -2.26. The van der Waals surface area contributed by atoms with Crippen LogP contribution in [0.1, 0.15) is 0 Å². The topological polar surface area (TPSA) is 3.24 Å². The monoisotopic (exact) mass is 761 g/mol. The molecule has 11 rings (SSSR count). The second kappa shape index (κ2) is 14.1. The third kappa shape index (κ3) is 6.00. The molecule has 0 saturated carbocycles. The number of para-hydroxylation sites is 1. The minimum Gasteiger partial charge on any atom is -0.311 e. The van der Waals surface area contributed by atoms with Gasteiger partial charge < -0.3 is 4.90 Å². The number of nitrogens with zero attached hydrogens (tertiary/aromatic N) is 1. The van der Waals surface area contributed by atoms with Crippen LogP contribution in [0.15, 0.2) is 212 Å². The Bertz CT molecular complexity index is 3080. The Morgan fingerprint density at radius 2 is 0.649 bits per heavy atom. The fourth-order valence-corrected chi connectivity index (χ4v) is 10.8. The lowest BCUT2D eigenvalue weighted by atomic mass is 9.92. The van der Waals surface area contributed by atoms with Crippen molar-refractivity contribution in [3.63, 3.8) is 0 Å². The van der Waals surface area contributed by atoms with E-state index in [1.807, 2.05) is 22.7 Å². The summed E-state index contributed by atoms with van der Waals surface area (Å²) in [4.78, 5) is 2.34. The molecule has 268 valence electrons. The quantitative estimate of drug-likeness (QED) is 0.156. The van der Waals surface area contributed by atoms with Gasteiger partial charge in [0.2, 0.25) is 0 Å². The molecule has 0 aliphatic rings. The SMILES string of the molecule is c1ccc(-c2ccc(N(c3ccccc3)c3ccc(-c4cc(-c5cccc6c5sc5ccccc56)cc(-c5cccc6c5sc5ccccc56)c4)cc3)cc2)cc1. The Labute approximate surface area is 340 Å². The predicted molar refractivity (Wildman–Crippen MR) is 249 cm³/mol. The lowest BCUT2D eigenvalue weighted by molar-refractivity contribution is 1.28. The summed E-state index contributed by atoms with van der Waals surface area (Å²) in [6.45, 7) is 0. The molecular weight excluding hydrogens is 727 g/mol. The first-order valence-electron chi connectivity index (χ1n) is 19.3. The standard InChI is InChI=1S/C54H35NS2/c1-3-13-36(14-4-1)37-25-29-43(30-26-37)55(42-15-5-2-6-16-42)44-31-27-38(28-32-44)39-33-40(45-19-11-21-49-47-17-7-9-23-51(47)56-53(45)49)35-41(34-39)46-20-12-22-50-48-18-8-10-24-52(48)57-54(46)50/h1-35H. The predicted octanol–water partition coefficient (Wildman–Crippen LogP) is 16.6. The van der Waals surface area contributed by atoms with Crippen molar-refractivity contribution >= 4 is 80.1 Å². The van der Waals surface area contributed by atoms with E-state index in [4.69, 9.17) is 0 Å². The lowest BCUT2D eigenvalue weighted by Crippen LogP contribution is -2.09. The third-order valence-corrected chi connectivity index (χ3v) is 13.5. The van der Waals surface area contributed by atoms with Crippen LogP contribution < -0.4 is 4.90 Å². The maximum Gasteiger partial charge on any atom is 0.0462 e. The van der Waals surface area contributed by atoms with E-state index >= 15 is 0 Å². The number of rotatable bonds is 7. The summed E-state index contributed by atoms with van der Waals surface area (Å²) in [5, 5.41) is 5.26. The number of fused-ring (bicyclic) bond motifs is 6. The van der Waals surface area contributed by atoms with Crippen LogP contribution in [0.5, 0.6) is 0 Å². The first-order chi connectivity index (χ1) is 28.2. The minimum atomic E-state index is 1.11. The van der Waals surface area contributed by atoms with Gasteiger partial charge in [-0.2, -0.15) is 0 Å². The third-order valence-electron chi connectivity index (χ3n) is 11.1. The molecule has 0 amide bonds. The molecule has 9 aromatic carbocycles. The zero-order chi connectivity index (χ0) is 37.7. The van der Waals surface area contributed by atoms with Crippen LogP contribution in [0.3, 0.4) is 0 Å². The highest BCUT2D eigenvalue weighted by atomic mass is 32.1. The minimum absolute atomic E-state index is 1.11. The van der Waals surface area contributed by atoms with Crippen LogP contribution in [-0.4, -0.2) is 0 Å². The first-order valence-corrected chi connectivity index (χ1v) is 21.0. The molecular formula is C54H35NS2. The van der Waals surface area contributed by atoms with E-state index in [2.05, 4.69) is 217 Å². The van der Waals surface area contributed by atoms with Crippen LogP contribution in [0.25, 0.3) is 84.9 Å². The first kappa shape index (κ1) is 33.5. The Hall–Kier alpha value is -6.78. The van der Waals surface area contributed by atoms with Gasteiger partial charge in [-0.3, -0.25) is 0 Å². The van der Waals surface area contributed by atoms with E-state index in [0.29, 0.717) is 0 Å². The Balaban J connectivity index is 1.06. The number of hydrogen-bond acceptors (Lipinski definition) is 3. The highest BCUT2D eigenvalue weighted by Gasteiger charge is 2.17. The van der Waals surface area contributed by atoms with Gasteiger partial charge in [-0.05, 0) is 111 Å². The molecule has 0 aliphatic carbocycles. The number of benzene rings is 9. The average molecular weight is 762 g/mol. The van der Waals surface area contributed by atoms with Gasteiger partial charge in [0.05, 0.1) is 0 Å². The maximum atomic E-state index is 2.41. The summed E-state index contributed by atoms with van der Waals surface area (Å²) in [6.07, 6.45) is 0. The molecule has 0 aliphatic heterocycles. The zero-order valence-corrected chi connectivity index (χ0v) is 32.6. The normalized spacial score (nSPS) is 11.5. The zero-order valence-electron chi connectivity index (χ0n) is 31.0. The largest absolute Gasteiger partial charge is 0.311 e. The van der Waals surface area contributed by atoms with Crippen molar-refractivity contribution in [2.45, 2.75) is 0 Å². The molecule has 0 saturated heterocycles. The molecule has 1 nitrogen and oxygen atoms in total. The highest BCUT2D eigenvalue weighted by molar-refractivity contribution is 7.26. The average Bonchev–Trinajstić information content (AvgIpc) is 3.86. The number of anilines is 3. The van der Waals surface area contributed by atoms with Gasteiger partial charge in [0, 0.05) is 57.4 Å². The highest BCUT2D eigenvalue weighted by Crippen LogP contribution is 2.45. The van der Waals surface area contributed by atoms with E-state index in [-0.39, 0.29) is 0 Å². The van der Waals surface area contributed by atoms with E-state index in [1.54, 1.807) is 0 Å².